The number of piperazine rings is 1. The number of aryl methyl sites for hydroxylation is 1. The van der Waals surface area contributed by atoms with Gasteiger partial charge in [-0.15, -0.1) is 11.3 Å². The molecule has 2 aliphatic rings. The molecule has 2 fully saturated rings. The molecule has 2 saturated heterocycles. The Hall–Kier alpha value is -6.39. The third-order valence-electron chi connectivity index (χ3n) is 14.1. The number of nitriles is 1. The molecular weight excluding hydrogens is 1130 g/mol. The fourth-order valence-electron chi connectivity index (χ4n) is 9.56. The zero-order valence-corrected chi connectivity index (χ0v) is 50.3. The molecule has 1 unspecified atom stereocenters. The number of likely N-dealkylation sites (tertiary alicyclic amines) is 1. The minimum absolute atomic E-state index is 0.0119. The average Bonchev–Trinajstić information content (AvgIpc) is 4.26. The fourth-order valence-corrected chi connectivity index (χ4v) is 10.9. The molecule has 24 heteroatoms. The van der Waals surface area contributed by atoms with Gasteiger partial charge in [-0.25, -0.2) is 4.98 Å². The zero-order valence-electron chi connectivity index (χ0n) is 47.9. The molecule has 3 aromatic carbocycles. The number of methoxy groups -OCH3 is 2. The number of aliphatic hydroxyl groups excluding tert-OH is 1. The van der Waals surface area contributed by atoms with E-state index in [1.54, 1.807) is 42.7 Å². The summed E-state index contributed by atoms with van der Waals surface area (Å²) in [4.78, 5) is 68.9. The monoisotopic (exact) mass is 1200 g/mol. The van der Waals surface area contributed by atoms with E-state index in [2.05, 4.69) is 36.9 Å². The molecule has 2 aliphatic heterocycles. The van der Waals surface area contributed by atoms with Gasteiger partial charge in [0.1, 0.15) is 23.9 Å². The highest BCUT2D eigenvalue weighted by atomic mass is 35.5. The molecular formula is C59H75Cl2N9O12S. The summed E-state index contributed by atoms with van der Waals surface area (Å²) in [6.45, 7) is 14.0. The number of hydrogen-bond acceptors (Lipinski definition) is 18. The second-order valence-corrected chi connectivity index (χ2v) is 22.8. The molecule has 4 N–H and O–H groups in total. The molecule has 4 heterocycles. The van der Waals surface area contributed by atoms with Crippen LogP contribution in [0.15, 0.2) is 60.2 Å². The van der Waals surface area contributed by atoms with E-state index in [0.717, 1.165) is 47.8 Å². The molecule has 0 aliphatic carbocycles. The van der Waals surface area contributed by atoms with Crippen LogP contribution in [0.2, 0.25) is 10.0 Å². The summed E-state index contributed by atoms with van der Waals surface area (Å²) in [5, 5.41) is 30.9. The number of thiazole rings is 1. The van der Waals surface area contributed by atoms with Crippen molar-refractivity contribution in [1.82, 2.24) is 35.3 Å². The number of aromatic nitrogens is 2. The molecule has 0 bridgehead atoms. The highest BCUT2D eigenvalue weighted by Crippen LogP contribution is 2.41. The first-order chi connectivity index (χ1) is 40.0. The normalized spacial score (nSPS) is 15.9. The van der Waals surface area contributed by atoms with Gasteiger partial charge in [0.2, 0.25) is 23.6 Å². The topological polar surface area (TPSA) is 248 Å². The maximum atomic E-state index is 14.0. The number of ether oxygens (including phenoxy) is 7. The van der Waals surface area contributed by atoms with Crippen molar-refractivity contribution >= 4 is 80.4 Å². The number of anilines is 2. The van der Waals surface area contributed by atoms with Gasteiger partial charge in [-0.05, 0) is 42.0 Å². The van der Waals surface area contributed by atoms with E-state index in [4.69, 9.17) is 56.4 Å². The van der Waals surface area contributed by atoms with Crippen molar-refractivity contribution in [1.29, 1.82) is 5.26 Å². The van der Waals surface area contributed by atoms with E-state index >= 15 is 0 Å². The summed E-state index contributed by atoms with van der Waals surface area (Å²) in [7, 11) is 3.06. The first-order valence-electron chi connectivity index (χ1n) is 27.7. The van der Waals surface area contributed by atoms with Gasteiger partial charge in [-0.1, -0.05) is 68.2 Å². The smallest absolute Gasteiger partial charge is 0.246 e. The minimum atomic E-state index is -0.943. The van der Waals surface area contributed by atoms with Crippen LogP contribution in [0.25, 0.3) is 21.3 Å². The third kappa shape index (κ3) is 18.3. The lowest BCUT2D eigenvalue weighted by molar-refractivity contribution is -0.144. The van der Waals surface area contributed by atoms with Gasteiger partial charge in [-0.3, -0.25) is 29.1 Å². The largest absolute Gasteiger partial charge is 0.495 e. The number of fused-ring (bicyclic) bond motifs is 1. The quantitative estimate of drug-likeness (QED) is 0.0333. The van der Waals surface area contributed by atoms with Crippen molar-refractivity contribution < 1.29 is 57.4 Å². The van der Waals surface area contributed by atoms with Crippen molar-refractivity contribution in [2.24, 2.45) is 5.41 Å². The first-order valence-corrected chi connectivity index (χ1v) is 29.3. The van der Waals surface area contributed by atoms with E-state index < -0.39 is 29.5 Å². The van der Waals surface area contributed by atoms with E-state index in [1.165, 1.54) is 18.2 Å². The number of nitrogens with zero attached hydrogens (tertiary/aromatic N) is 6. The van der Waals surface area contributed by atoms with Crippen LogP contribution in [0, 0.1) is 23.7 Å². The molecule has 5 aromatic rings. The predicted octanol–water partition coefficient (Wildman–Crippen LogP) is 7.17. The Morgan fingerprint density at radius 2 is 1.49 bits per heavy atom. The van der Waals surface area contributed by atoms with Crippen LogP contribution in [-0.2, 0) is 44.7 Å². The van der Waals surface area contributed by atoms with E-state index in [-0.39, 0.29) is 63.3 Å². The van der Waals surface area contributed by atoms with Crippen LogP contribution in [0.1, 0.15) is 63.3 Å². The number of rotatable bonds is 30. The molecule has 83 heavy (non-hydrogen) atoms. The molecule has 4 amide bonds. The molecule has 0 saturated carbocycles. The Labute approximate surface area is 498 Å². The summed E-state index contributed by atoms with van der Waals surface area (Å²) in [5.41, 5.74) is 5.90. The van der Waals surface area contributed by atoms with Gasteiger partial charge in [0, 0.05) is 82.4 Å². The lowest BCUT2D eigenvalue weighted by Crippen LogP contribution is -2.57. The van der Waals surface area contributed by atoms with Gasteiger partial charge in [-0.2, -0.15) is 5.26 Å². The standard InChI is InChI=1S/C59H75Cl2N9O12S/c1-38-55(83-37-65-38)40-10-8-39(9-11-40)34-64-57(74)48-28-42(71)36-70(48)58(75)56(59(2,3)4)67-52(72)12-20-78-22-24-80-26-27-81-25-23-79-21-13-53(73)69-17-15-68(16-18-69)14-7-19-82-51-31-46-43(29-50(51)77-6)54(41(33-62)35-63-46)66-47-32-49(76-5)45(61)30-44(47)60/h8-11,29-32,35,37,42,48,56,71H,7,12-28,34,36H2,1-6H3,(H,63,66)(H,64,74)(H,67,72)/t42-,48+,56?/m1/s1. The second-order valence-electron chi connectivity index (χ2n) is 21.1. The van der Waals surface area contributed by atoms with E-state index in [1.807, 2.05) is 62.4 Å². The number of amides is 4. The number of halogens is 2. The van der Waals surface area contributed by atoms with Crippen LogP contribution in [0.5, 0.6) is 17.2 Å². The molecule has 2 aromatic heterocycles. The third-order valence-corrected chi connectivity index (χ3v) is 15.7. The van der Waals surface area contributed by atoms with Crippen LogP contribution in [0.4, 0.5) is 11.4 Å². The molecule has 3 atom stereocenters. The Morgan fingerprint density at radius 1 is 0.831 bits per heavy atom. The SMILES string of the molecule is COc1cc(Nc2c(C#N)cnc3cc(OCCCN4CCN(C(=O)CCOCCOCCOCCOCCC(=O)NC(C(=O)N5C[C@H](O)C[C@H]5C(=O)NCc5ccc(-c6scnc6C)cc5)C(C)(C)C)CC4)c(OC)cc23)c(Cl)cc1Cl. The van der Waals surface area contributed by atoms with Crippen molar-refractivity contribution in [2.45, 2.75) is 78.1 Å². The maximum absolute atomic E-state index is 14.0. The Morgan fingerprint density at radius 3 is 2.12 bits per heavy atom. The lowest BCUT2D eigenvalue weighted by atomic mass is 9.85. The van der Waals surface area contributed by atoms with E-state index in [9.17, 15) is 29.5 Å². The number of nitrogens with one attached hydrogen (secondary N) is 3. The summed E-state index contributed by atoms with van der Waals surface area (Å²) < 4.78 is 39.7. The fraction of sp³-hybridized carbons (Fsp3) is 0.508. The van der Waals surface area contributed by atoms with Crippen LogP contribution < -0.4 is 30.2 Å². The molecule has 448 valence electrons. The second kappa shape index (κ2) is 31.5. The van der Waals surface area contributed by atoms with Crippen molar-refractivity contribution in [2.75, 3.05) is 118 Å². The maximum Gasteiger partial charge on any atom is 0.246 e. The minimum Gasteiger partial charge on any atom is -0.495 e. The number of benzene rings is 3. The summed E-state index contributed by atoms with van der Waals surface area (Å²) >= 11 is 14.3. The Bertz CT molecular complexity index is 3020. The van der Waals surface area contributed by atoms with Crippen LogP contribution in [-0.4, -0.2) is 185 Å². The molecule has 21 nitrogen and oxygen atoms in total. The lowest BCUT2D eigenvalue weighted by Gasteiger charge is -2.35. The predicted molar refractivity (Wildman–Crippen MR) is 317 cm³/mol. The summed E-state index contributed by atoms with van der Waals surface area (Å²) in [5.74, 6) is 0.295. The van der Waals surface area contributed by atoms with Gasteiger partial charge in [0.05, 0.1) is 135 Å². The number of β-amino-alcohol motifs (C(OH)–C–C–N with tert-alkyl or cyclic N) is 1. The number of aliphatic hydroxyl groups is 1. The summed E-state index contributed by atoms with van der Waals surface area (Å²) in [6, 6.07) is 15.0. The number of pyridine rings is 1. The van der Waals surface area contributed by atoms with Crippen molar-refractivity contribution in [3.63, 3.8) is 0 Å². The van der Waals surface area contributed by atoms with E-state index in [0.29, 0.717) is 114 Å². The number of carbonyl (C=O) groups is 4. The number of hydrogen-bond donors (Lipinski definition) is 4. The van der Waals surface area contributed by atoms with Gasteiger partial charge in [0.25, 0.3) is 0 Å². The zero-order chi connectivity index (χ0) is 59.5. The van der Waals surface area contributed by atoms with Gasteiger partial charge in [0.15, 0.2) is 11.5 Å². The summed E-state index contributed by atoms with van der Waals surface area (Å²) in [6.07, 6.45) is 1.75. The molecule has 0 radical (unpaired) electrons. The van der Waals surface area contributed by atoms with Crippen LogP contribution >= 0.6 is 34.5 Å². The van der Waals surface area contributed by atoms with Gasteiger partial charge >= 0.3 is 0 Å². The van der Waals surface area contributed by atoms with Crippen LogP contribution in [0.3, 0.4) is 0 Å². The molecule has 0 spiro atoms. The molecule has 7 rings (SSSR count). The van der Waals surface area contributed by atoms with Crippen molar-refractivity contribution in [3.8, 4) is 33.8 Å². The number of carbonyl (C=O) groups excluding carboxylic acids is 4. The average molecular weight is 1210 g/mol. The Kier molecular flexibility index (Phi) is 24.3. The highest BCUT2D eigenvalue weighted by Gasteiger charge is 2.44. The first kappa shape index (κ1) is 64.2. The van der Waals surface area contributed by atoms with Gasteiger partial charge < -0.3 is 64.0 Å². The highest BCUT2D eigenvalue weighted by molar-refractivity contribution is 7.13. The Balaban J connectivity index is 0.696. The van der Waals surface area contributed by atoms with Crippen molar-refractivity contribution in [3.05, 3.63) is 87.1 Å².